The maximum Gasteiger partial charge on any atom is 0.265 e. The Morgan fingerprint density at radius 3 is 2.44 bits per heavy atom. The van der Waals surface area contributed by atoms with Crippen LogP contribution in [-0.2, 0) is 0 Å². The Labute approximate surface area is 105 Å². The Morgan fingerprint density at radius 1 is 1.19 bits per heavy atom. The van der Waals surface area contributed by atoms with Crippen LogP contribution in [0.4, 0.5) is 11.4 Å². The van der Waals surface area contributed by atoms with Gasteiger partial charge in [0.25, 0.3) is 5.91 Å². The summed E-state index contributed by atoms with van der Waals surface area (Å²) in [4.78, 5) is 12.4. The number of amides is 1. The number of hydrogen-bond donors (Lipinski definition) is 2. The van der Waals surface area contributed by atoms with E-state index in [1.807, 2.05) is 6.07 Å². The first-order chi connectivity index (χ1) is 7.65. The summed E-state index contributed by atoms with van der Waals surface area (Å²) < 4.78 is 0.940. The van der Waals surface area contributed by atoms with E-state index < -0.39 is 0 Å². The molecule has 0 atom stereocenters. The fourth-order valence-electron chi connectivity index (χ4n) is 1.20. The zero-order valence-corrected chi connectivity index (χ0v) is 10.6. The lowest BCUT2D eigenvalue weighted by Crippen LogP contribution is -2.09. The number of rotatable bonds is 2. The lowest BCUT2D eigenvalue weighted by molar-refractivity contribution is 0.103. The van der Waals surface area contributed by atoms with Crippen LogP contribution in [0.25, 0.3) is 0 Å². The lowest BCUT2D eigenvalue weighted by Gasteiger charge is -2.03. The molecule has 1 amide bonds. The number of nitrogen functional groups attached to an aromatic ring is 1. The third kappa shape index (κ3) is 2.62. The van der Waals surface area contributed by atoms with Crippen molar-refractivity contribution in [2.24, 2.45) is 0 Å². The highest BCUT2D eigenvalue weighted by Gasteiger charge is 2.08. The monoisotopic (exact) mass is 296 g/mol. The van der Waals surface area contributed by atoms with E-state index in [1.165, 1.54) is 11.3 Å². The van der Waals surface area contributed by atoms with Gasteiger partial charge in [0.05, 0.1) is 8.66 Å². The number of nitrogens with one attached hydrogen (secondary N) is 1. The van der Waals surface area contributed by atoms with E-state index in [0.29, 0.717) is 10.6 Å². The summed E-state index contributed by atoms with van der Waals surface area (Å²) in [5.41, 5.74) is 6.97. The normalized spacial score (nSPS) is 10.1. The smallest absolute Gasteiger partial charge is 0.265 e. The zero-order chi connectivity index (χ0) is 11.5. The minimum Gasteiger partial charge on any atom is -0.399 e. The van der Waals surface area contributed by atoms with E-state index in [9.17, 15) is 4.79 Å². The van der Waals surface area contributed by atoms with Crippen molar-refractivity contribution in [3.8, 4) is 0 Å². The largest absolute Gasteiger partial charge is 0.399 e. The third-order valence-corrected chi connectivity index (χ3v) is 3.59. The number of anilines is 2. The van der Waals surface area contributed by atoms with Gasteiger partial charge >= 0.3 is 0 Å². The highest BCUT2D eigenvalue weighted by atomic mass is 79.9. The molecule has 1 aromatic carbocycles. The van der Waals surface area contributed by atoms with Gasteiger partial charge in [-0.1, -0.05) is 0 Å². The Bertz CT molecular complexity index is 507. The number of nitrogens with two attached hydrogens (primary N) is 1. The van der Waals surface area contributed by atoms with E-state index in [1.54, 1.807) is 30.3 Å². The molecule has 3 nitrogen and oxygen atoms in total. The maximum atomic E-state index is 11.8. The Morgan fingerprint density at radius 2 is 1.88 bits per heavy atom. The summed E-state index contributed by atoms with van der Waals surface area (Å²) in [6, 6.07) is 10.7. The summed E-state index contributed by atoms with van der Waals surface area (Å²) in [5, 5.41) is 2.79. The average molecular weight is 297 g/mol. The highest BCUT2D eigenvalue weighted by molar-refractivity contribution is 9.11. The van der Waals surface area contributed by atoms with E-state index in [0.717, 1.165) is 9.47 Å². The fraction of sp³-hybridized carbons (Fsp3) is 0. The molecule has 2 rings (SSSR count). The number of halogens is 1. The van der Waals surface area contributed by atoms with Gasteiger partial charge in [-0.2, -0.15) is 0 Å². The first kappa shape index (κ1) is 11.2. The number of benzene rings is 1. The van der Waals surface area contributed by atoms with Gasteiger partial charge in [0.15, 0.2) is 0 Å². The van der Waals surface area contributed by atoms with Gasteiger partial charge in [-0.15, -0.1) is 11.3 Å². The molecule has 82 valence electrons. The molecule has 0 saturated heterocycles. The summed E-state index contributed by atoms with van der Waals surface area (Å²) in [6.07, 6.45) is 0. The molecule has 0 saturated carbocycles. The van der Waals surface area contributed by atoms with Gasteiger partial charge in [-0.05, 0) is 52.3 Å². The first-order valence-electron chi connectivity index (χ1n) is 4.57. The van der Waals surface area contributed by atoms with E-state index in [-0.39, 0.29) is 5.91 Å². The summed E-state index contributed by atoms with van der Waals surface area (Å²) >= 11 is 4.72. The number of hydrogen-bond acceptors (Lipinski definition) is 3. The summed E-state index contributed by atoms with van der Waals surface area (Å²) in [6.45, 7) is 0. The van der Waals surface area contributed by atoms with Crippen LogP contribution >= 0.6 is 27.3 Å². The Hall–Kier alpha value is -1.33. The molecule has 0 unspecified atom stereocenters. The molecular weight excluding hydrogens is 288 g/mol. The van der Waals surface area contributed by atoms with Crippen LogP contribution in [0, 0.1) is 0 Å². The Kier molecular flexibility index (Phi) is 3.26. The predicted molar refractivity (Wildman–Crippen MR) is 70.8 cm³/mol. The molecule has 0 bridgehead atoms. The van der Waals surface area contributed by atoms with Crippen molar-refractivity contribution in [1.29, 1.82) is 0 Å². The molecule has 0 aliphatic rings. The predicted octanol–water partition coefficient (Wildman–Crippen LogP) is 3.35. The number of carbonyl (C=O) groups is 1. The molecule has 0 fully saturated rings. The van der Waals surface area contributed by atoms with Crippen LogP contribution < -0.4 is 11.1 Å². The molecule has 2 aromatic rings. The second kappa shape index (κ2) is 4.67. The lowest BCUT2D eigenvalue weighted by atomic mass is 10.3. The average Bonchev–Trinajstić information content (AvgIpc) is 2.68. The molecule has 1 heterocycles. The van der Waals surface area contributed by atoms with Gasteiger partial charge in [-0.25, -0.2) is 0 Å². The van der Waals surface area contributed by atoms with Crippen LogP contribution in [0.2, 0.25) is 0 Å². The number of carbonyl (C=O) groups excluding carboxylic acids is 1. The van der Waals surface area contributed by atoms with Crippen LogP contribution in [0.1, 0.15) is 9.67 Å². The minimum absolute atomic E-state index is 0.111. The van der Waals surface area contributed by atoms with Crippen molar-refractivity contribution in [3.63, 3.8) is 0 Å². The van der Waals surface area contributed by atoms with Crippen molar-refractivity contribution < 1.29 is 4.79 Å². The topological polar surface area (TPSA) is 55.1 Å². The molecule has 0 spiro atoms. The van der Waals surface area contributed by atoms with Gasteiger partial charge in [0, 0.05) is 11.4 Å². The molecular formula is C11H9BrN2OS. The van der Waals surface area contributed by atoms with Gasteiger partial charge in [0.1, 0.15) is 0 Å². The number of thiophene rings is 1. The molecule has 16 heavy (non-hydrogen) atoms. The molecule has 1 aromatic heterocycles. The second-order valence-corrected chi connectivity index (χ2v) is 5.64. The van der Waals surface area contributed by atoms with Crippen molar-refractivity contribution in [1.82, 2.24) is 0 Å². The summed E-state index contributed by atoms with van der Waals surface area (Å²) in [7, 11) is 0. The molecule has 5 heteroatoms. The highest BCUT2D eigenvalue weighted by Crippen LogP contribution is 2.23. The van der Waals surface area contributed by atoms with Crippen molar-refractivity contribution in [2.45, 2.75) is 0 Å². The van der Waals surface area contributed by atoms with E-state index >= 15 is 0 Å². The molecule has 0 aliphatic heterocycles. The van der Waals surface area contributed by atoms with Gasteiger partial charge < -0.3 is 11.1 Å². The van der Waals surface area contributed by atoms with Crippen LogP contribution in [0.3, 0.4) is 0 Å². The fourth-order valence-corrected chi connectivity index (χ4v) is 2.48. The van der Waals surface area contributed by atoms with Crippen molar-refractivity contribution in [2.75, 3.05) is 11.1 Å². The van der Waals surface area contributed by atoms with Crippen LogP contribution in [0.5, 0.6) is 0 Å². The summed E-state index contributed by atoms with van der Waals surface area (Å²) in [5.74, 6) is -0.111. The second-order valence-electron chi connectivity index (χ2n) is 3.18. The molecule has 0 aliphatic carbocycles. The Balaban J connectivity index is 2.10. The van der Waals surface area contributed by atoms with E-state index in [2.05, 4.69) is 21.2 Å². The maximum absolute atomic E-state index is 11.8. The van der Waals surface area contributed by atoms with Gasteiger partial charge in [0.2, 0.25) is 0 Å². The van der Waals surface area contributed by atoms with Gasteiger partial charge in [-0.3, -0.25) is 4.79 Å². The molecule has 0 radical (unpaired) electrons. The van der Waals surface area contributed by atoms with E-state index in [4.69, 9.17) is 5.73 Å². The zero-order valence-electron chi connectivity index (χ0n) is 8.24. The molecule has 3 N–H and O–H groups in total. The van der Waals surface area contributed by atoms with Crippen LogP contribution in [-0.4, -0.2) is 5.91 Å². The minimum atomic E-state index is -0.111. The third-order valence-electron chi connectivity index (χ3n) is 1.97. The first-order valence-corrected chi connectivity index (χ1v) is 6.18. The quantitative estimate of drug-likeness (QED) is 0.835. The SMILES string of the molecule is Nc1ccc(NC(=O)c2ccc(Br)s2)cc1. The van der Waals surface area contributed by atoms with Crippen molar-refractivity contribution >= 4 is 44.5 Å². The van der Waals surface area contributed by atoms with Crippen molar-refractivity contribution in [3.05, 3.63) is 45.1 Å². The standard InChI is InChI=1S/C11H9BrN2OS/c12-10-6-5-9(16-10)11(15)14-8-3-1-7(13)2-4-8/h1-6H,13H2,(H,14,15). The van der Waals surface area contributed by atoms with Crippen LogP contribution in [0.15, 0.2) is 40.2 Å².